The molecule has 40 heavy (non-hydrogen) atoms. The molecule has 8 atom stereocenters. The molecule has 0 spiro atoms. The Kier molecular flexibility index (Phi) is 18.3. The monoisotopic (exact) mass is 582 g/mol. The first-order chi connectivity index (χ1) is 18.9. The van der Waals surface area contributed by atoms with Crippen LogP contribution in [0.4, 0.5) is 0 Å². The lowest BCUT2D eigenvalue weighted by Crippen LogP contribution is -2.36. The smallest absolute Gasteiger partial charge is 0.306 e. The highest BCUT2D eigenvalue weighted by Crippen LogP contribution is 2.27. The largest absolute Gasteiger partial charge is 0.460 e. The third kappa shape index (κ3) is 15.9. The van der Waals surface area contributed by atoms with E-state index in [-0.39, 0.29) is 37.6 Å². The van der Waals surface area contributed by atoms with Crippen LogP contribution < -0.4 is 0 Å². The van der Waals surface area contributed by atoms with Crippen molar-refractivity contribution in [2.24, 2.45) is 11.8 Å². The molecule has 228 valence electrons. The van der Waals surface area contributed by atoms with Crippen molar-refractivity contribution in [3.8, 4) is 0 Å². The fourth-order valence-electron chi connectivity index (χ4n) is 4.53. The van der Waals surface area contributed by atoms with Crippen LogP contribution in [0.5, 0.6) is 0 Å². The van der Waals surface area contributed by atoms with Crippen molar-refractivity contribution >= 4 is 17.6 Å². The van der Waals surface area contributed by atoms with Gasteiger partial charge in [-0.15, -0.1) is 0 Å². The molecule has 1 unspecified atom stereocenters. The second-order valence-corrected chi connectivity index (χ2v) is 11.5. The molecule has 7 nitrogen and oxygen atoms in total. The third-order valence-electron chi connectivity index (χ3n) is 7.05. The number of aliphatic hydroxyl groups excluding tert-OH is 5. The molecule has 0 aromatic carbocycles. The topological polar surface area (TPSA) is 127 Å². The van der Waals surface area contributed by atoms with Gasteiger partial charge in [-0.05, 0) is 63.4 Å². The van der Waals surface area contributed by atoms with Crippen LogP contribution in [0, 0.1) is 11.8 Å². The van der Waals surface area contributed by atoms with Crippen molar-refractivity contribution in [2.45, 2.75) is 122 Å². The average Bonchev–Trinajstić information content (AvgIpc) is 2.89. The number of esters is 1. The van der Waals surface area contributed by atoms with E-state index in [4.69, 9.17) is 16.3 Å². The van der Waals surface area contributed by atoms with Gasteiger partial charge in [0.15, 0.2) is 0 Å². The Bertz CT molecular complexity index is 878. The summed E-state index contributed by atoms with van der Waals surface area (Å²) in [5.41, 5.74) is 0.992. The van der Waals surface area contributed by atoms with Gasteiger partial charge in [0, 0.05) is 24.3 Å². The van der Waals surface area contributed by atoms with Crippen molar-refractivity contribution in [3.05, 3.63) is 59.2 Å². The number of allylic oxidation sites excluding steroid dienone is 9. The van der Waals surface area contributed by atoms with Crippen molar-refractivity contribution in [1.82, 2.24) is 0 Å². The van der Waals surface area contributed by atoms with Gasteiger partial charge in [-0.3, -0.25) is 4.79 Å². The number of rotatable bonds is 17. The second-order valence-electron chi connectivity index (χ2n) is 11.1. The van der Waals surface area contributed by atoms with Crippen molar-refractivity contribution in [1.29, 1.82) is 0 Å². The summed E-state index contributed by atoms with van der Waals surface area (Å²) in [7, 11) is 0. The molecule has 0 bridgehead atoms. The Morgan fingerprint density at radius 2 is 1.70 bits per heavy atom. The molecule has 0 radical (unpaired) electrons. The molecule has 0 amide bonds. The van der Waals surface area contributed by atoms with Gasteiger partial charge in [0.05, 0.1) is 30.5 Å². The zero-order chi connectivity index (χ0) is 30.1. The maximum atomic E-state index is 12.1. The van der Waals surface area contributed by atoms with Crippen LogP contribution in [0.3, 0.4) is 0 Å². The van der Waals surface area contributed by atoms with Gasteiger partial charge in [0.2, 0.25) is 0 Å². The van der Waals surface area contributed by atoms with Crippen LogP contribution in [-0.2, 0) is 9.53 Å². The van der Waals surface area contributed by atoms with Gasteiger partial charge in [-0.2, -0.15) is 0 Å². The Morgan fingerprint density at radius 3 is 2.40 bits per heavy atom. The van der Waals surface area contributed by atoms with Crippen molar-refractivity contribution in [2.75, 3.05) is 0 Å². The lowest BCUT2D eigenvalue weighted by atomic mass is 9.86. The summed E-state index contributed by atoms with van der Waals surface area (Å²) in [5, 5.41) is 51.1. The summed E-state index contributed by atoms with van der Waals surface area (Å²) in [4.78, 5) is 12.1. The number of halogens is 1. The SMILES string of the molecule is CC/C=C/[C@@H](O)C[C@H](O)CC(O)[C@@H](O)C[C@H](C)/C(Cl)=C/C=C/C=C(C)/C=C/CCC(=O)O[C@@H]1C[C@@H](C)CC[C@@H]1O. The first kappa shape index (κ1) is 36.3. The lowest BCUT2D eigenvalue weighted by molar-refractivity contribution is -0.158. The second kappa shape index (κ2) is 20.2. The molecular formula is C32H51ClO7. The summed E-state index contributed by atoms with van der Waals surface area (Å²) < 4.78 is 5.46. The molecule has 0 heterocycles. The van der Waals surface area contributed by atoms with E-state index in [1.54, 1.807) is 18.2 Å². The van der Waals surface area contributed by atoms with Crippen LogP contribution in [0.2, 0.25) is 0 Å². The third-order valence-corrected chi connectivity index (χ3v) is 7.55. The first-order valence-corrected chi connectivity index (χ1v) is 14.9. The quantitative estimate of drug-likeness (QED) is 0.0899. The Morgan fingerprint density at radius 1 is 1.02 bits per heavy atom. The molecule has 1 aliphatic rings. The van der Waals surface area contributed by atoms with Crippen molar-refractivity contribution < 1.29 is 35.1 Å². The minimum Gasteiger partial charge on any atom is -0.460 e. The van der Waals surface area contributed by atoms with E-state index < -0.39 is 36.6 Å². The summed E-state index contributed by atoms with van der Waals surface area (Å²) >= 11 is 6.37. The van der Waals surface area contributed by atoms with E-state index >= 15 is 0 Å². The maximum Gasteiger partial charge on any atom is 0.306 e. The van der Waals surface area contributed by atoms with Crippen molar-refractivity contribution in [3.63, 3.8) is 0 Å². The zero-order valence-corrected chi connectivity index (χ0v) is 25.3. The summed E-state index contributed by atoms with van der Waals surface area (Å²) in [6.07, 6.45) is 13.9. The van der Waals surface area contributed by atoms with Gasteiger partial charge >= 0.3 is 5.97 Å². The Balaban J connectivity index is 2.40. The summed E-state index contributed by atoms with van der Waals surface area (Å²) in [5.74, 6) is -0.0293. The molecule has 0 aromatic rings. The van der Waals surface area contributed by atoms with E-state index in [0.29, 0.717) is 30.2 Å². The molecule has 1 aliphatic carbocycles. The number of carbonyl (C=O) groups is 1. The number of carbonyl (C=O) groups excluding carboxylic acids is 1. The van der Waals surface area contributed by atoms with E-state index in [2.05, 4.69) is 6.92 Å². The summed E-state index contributed by atoms with van der Waals surface area (Å²) in [6.45, 7) is 7.85. The highest BCUT2D eigenvalue weighted by Gasteiger charge is 2.29. The van der Waals surface area contributed by atoms with Crippen LogP contribution in [0.15, 0.2) is 59.2 Å². The fourth-order valence-corrected chi connectivity index (χ4v) is 4.69. The predicted molar refractivity (Wildman–Crippen MR) is 161 cm³/mol. The van der Waals surface area contributed by atoms with Gasteiger partial charge in [-0.1, -0.05) is 80.5 Å². The van der Waals surface area contributed by atoms with Gasteiger partial charge in [0.25, 0.3) is 0 Å². The highest BCUT2D eigenvalue weighted by atomic mass is 35.5. The van der Waals surface area contributed by atoms with Gasteiger partial charge < -0.3 is 30.3 Å². The molecule has 0 saturated heterocycles. The Hall–Kier alpha value is -1.74. The minimum atomic E-state index is -1.12. The fraction of sp³-hybridized carbons (Fsp3) is 0.656. The van der Waals surface area contributed by atoms with Gasteiger partial charge in [0.1, 0.15) is 6.10 Å². The van der Waals surface area contributed by atoms with Gasteiger partial charge in [-0.25, -0.2) is 0 Å². The lowest BCUT2D eigenvalue weighted by Gasteiger charge is -2.31. The van der Waals surface area contributed by atoms with E-state index in [1.807, 2.05) is 51.2 Å². The molecule has 0 aromatic heterocycles. The summed E-state index contributed by atoms with van der Waals surface area (Å²) in [6, 6.07) is 0. The predicted octanol–water partition coefficient (Wildman–Crippen LogP) is 5.26. The molecule has 1 rings (SSSR count). The zero-order valence-electron chi connectivity index (χ0n) is 24.5. The van der Waals surface area contributed by atoms with Crippen LogP contribution in [0.25, 0.3) is 0 Å². The molecule has 1 fully saturated rings. The molecule has 8 heteroatoms. The first-order valence-electron chi connectivity index (χ1n) is 14.6. The van der Waals surface area contributed by atoms with E-state index in [0.717, 1.165) is 18.4 Å². The molecular weight excluding hydrogens is 532 g/mol. The van der Waals surface area contributed by atoms with Crippen LogP contribution in [0.1, 0.15) is 85.5 Å². The molecule has 1 saturated carbocycles. The Labute approximate surface area is 245 Å². The minimum absolute atomic E-state index is 0.0339. The van der Waals surface area contributed by atoms with E-state index in [1.165, 1.54) is 0 Å². The number of ether oxygens (including phenoxy) is 1. The average molecular weight is 583 g/mol. The maximum absolute atomic E-state index is 12.1. The normalized spacial score (nSPS) is 24.9. The molecule has 0 aliphatic heterocycles. The van der Waals surface area contributed by atoms with Crippen LogP contribution in [-0.4, -0.2) is 68.1 Å². The number of aliphatic hydroxyl groups is 5. The molecule has 5 N–H and O–H groups in total. The number of hydrogen-bond acceptors (Lipinski definition) is 7. The van der Waals surface area contributed by atoms with Crippen LogP contribution >= 0.6 is 11.6 Å². The standard InChI is InChI=1S/C32H51ClO7/c1-5-6-13-25(34)20-26(35)21-30(38)29(37)19-24(4)27(33)14-9-7-11-22(2)12-8-10-15-32(39)40-31-18-23(3)16-17-28(31)36/h6-9,11-14,23-26,28-31,34-38H,5,10,15-21H2,1-4H3/b9-7+,12-8+,13-6+,22-11+,27-14-/t23-,24-,25+,26-,28-,29-,30?,31+/m0/s1. The van der Waals surface area contributed by atoms with E-state index in [9.17, 15) is 30.3 Å². The highest BCUT2D eigenvalue weighted by molar-refractivity contribution is 6.29. The number of hydrogen-bond donors (Lipinski definition) is 5.